The van der Waals surface area contributed by atoms with E-state index in [1.54, 1.807) is 60.7 Å². The predicted octanol–water partition coefficient (Wildman–Crippen LogP) is 3.21. The quantitative estimate of drug-likeness (QED) is 0.618. The lowest BCUT2D eigenvalue weighted by atomic mass is 10.1. The first-order valence-corrected chi connectivity index (χ1v) is 8.01. The summed E-state index contributed by atoms with van der Waals surface area (Å²) in [5.41, 5.74) is 1.77. The molecular formula is C20H16N2O4. The third-order valence-corrected chi connectivity index (χ3v) is 3.51. The summed E-state index contributed by atoms with van der Waals surface area (Å²) >= 11 is 0. The molecule has 0 saturated heterocycles. The molecule has 2 aliphatic heterocycles. The molecule has 0 aliphatic carbocycles. The van der Waals surface area contributed by atoms with Crippen LogP contribution in [0.15, 0.2) is 82.1 Å². The van der Waals surface area contributed by atoms with Crippen LogP contribution >= 0.6 is 0 Å². The van der Waals surface area contributed by atoms with Crippen molar-refractivity contribution >= 4 is 23.7 Å². The predicted molar refractivity (Wildman–Crippen MR) is 97.5 cm³/mol. The number of benzene rings is 1. The molecule has 0 bridgehead atoms. The number of hydrogen-bond acceptors (Lipinski definition) is 6. The summed E-state index contributed by atoms with van der Waals surface area (Å²) in [6.45, 7) is 3.69. The molecule has 2 aliphatic rings. The Labute approximate surface area is 150 Å². The summed E-state index contributed by atoms with van der Waals surface area (Å²) in [5, 5.41) is 0. The fourth-order valence-electron chi connectivity index (χ4n) is 2.22. The number of aliphatic imine (C=N–C) groups is 2. The standard InChI is InChI=1S/C20H16N2O4/c1-3-5-7-15-19(23)25-17(21-15)13-9-11-14(12-10-13)18-22-16(8-6-4-2)20(24)26-18/h3-12H,1-2H3/b5-3+,6-4+,15-7-,16-8-. The highest BCUT2D eigenvalue weighted by Crippen LogP contribution is 2.20. The molecule has 0 saturated carbocycles. The highest BCUT2D eigenvalue weighted by Gasteiger charge is 2.25. The second kappa shape index (κ2) is 7.57. The highest BCUT2D eigenvalue weighted by atomic mass is 16.6. The van der Waals surface area contributed by atoms with Crippen molar-refractivity contribution in [1.29, 1.82) is 0 Å². The monoisotopic (exact) mass is 348 g/mol. The highest BCUT2D eigenvalue weighted by molar-refractivity contribution is 6.13. The number of cyclic esters (lactones) is 2. The number of carbonyl (C=O) groups excluding carboxylic acids is 2. The van der Waals surface area contributed by atoms with Crippen LogP contribution in [0.5, 0.6) is 0 Å². The minimum Gasteiger partial charge on any atom is -0.402 e. The molecule has 0 atom stereocenters. The Balaban J connectivity index is 1.82. The van der Waals surface area contributed by atoms with Crippen molar-refractivity contribution in [3.05, 3.63) is 83.2 Å². The summed E-state index contributed by atoms with van der Waals surface area (Å²) in [4.78, 5) is 31.9. The van der Waals surface area contributed by atoms with Crippen LogP contribution in [0.4, 0.5) is 0 Å². The number of rotatable bonds is 4. The van der Waals surface area contributed by atoms with Crippen molar-refractivity contribution in [3.63, 3.8) is 0 Å². The van der Waals surface area contributed by atoms with E-state index in [-0.39, 0.29) is 23.2 Å². The lowest BCUT2D eigenvalue weighted by Gasteiger charge is -2.02. The van der Waals surface area contributed by atoms with E-state index in [4.69, 9.17) is 9.47 Å². The van der Waals surface area contributed by atoms with Gasteiger partial charge in [0.2, 0.25) is 11.8 Å². The van der Waals surface area contributed by atoms with E-state index in [0.29, 0.717) is 11.1 Å². The van der Waals surface area contributed by atoms with Crippen LogP contribution < -0.4 is 0 Å². The molecule has 0 spiro atoms. The SMILES string of the molecule is C/C=C/C=C1\N=C(c2ccc(C3=N/C(=C\C=C\C)C(=O)O3)cc2)OC1=O. The number of allylic oxidation sites excluding steroid dienone is 6. The average molecular weight is 348 g/mol. The first kappa shape index (κ1) is 17.3. The van der Waals surface area contributed by atoms with Crippen molar-refractivity contribution in [2.24, 2.45) is 9.98 Å². The van der Waals surface area contributed by atoms with E-state index >= 15 is 0 Å². The molecule has 0 unspecified atom stereocenters. The van der Waals surface area contributed by atoms with Crippen molar-refractivity contribution in [3.8, 4) is 0 Å². The van der Waals surface area contributed by atoms with Gasteiger partial charge >= 0.3 is 11.9 Å². The normalized spacial score (nSPS) is 20.2. The van der Waals surface area contributed by atoms with Crippen LogP contribution in [0.25, 0.3) is 0 Å². The van der Waals surface area contributed by atoms with Crippen LogP contribution in [-0.4, -0.2) is 23.7 Å². The van der Waals surface area contributed by atoms with Gasteiger partial charge in [-0.3, -0.25) is 0 Å². The lowest BCUT2D eigenvalue weighted by Crippen LogP contribution is -2.07. The molecule has 1 aromatic carbocycles. The molecule has 2 heterocycles. The molecule has 0 amide bonds. The van der Waals surface area contributed by atoms with Gasteiger partial charge in [0, 0.05) is 11.1 Å². The maximum absolute atomic E-state index is 11.8. The topological polar surface area (TPSA) is 77.3 Å². The fourth-order valence-corrected chi connectivity index (χ4v) is 2.22. The zero-order valence-corrected chi connectivity index (χ0v) is 14.3. The summed E-state index contributed by atoms with van der Waals surface area (Å²) in [6, 6.07) is 6.90. The van der Waals surface area contributed by atoms with E-state index in [1.807, 2.05) is 13.8 Å². The zero-order valence-electron chi connectivity index (χ0n) is 14.3. The van der Waals surface area contributed by atoms with E-state index in [1.165, 1.54) is 0 Å². The first-order chi connectivity index (χ1) is 12.6. The maximum atomic E-state index is 11.8. The van der Waals surface area contributed by atoms with Crippen LogP contribution in [0.3, 0.4) is 0 Å². The minimum absolute atomic E-state index is 0.233. The largest absolute Gasteiger partial charge is 0.402 e. The summed E-state index contributed by atoms with van der Waals surface area (Å²) in [5.74, 6) is -0.516. The Hall–Kier alpha value is -3.54. The molecule has 1 aromatic rings. The summed E-state index contributed by atoms with van der Waals surface area (Å²) in [6.07, 6.45) is 10.2. The van der Waals surface area contributed by atoms with E-state index < -0.39 is 11.9 Å². The first-order valence-electron chi connectivity index (χ1n) is 8.01. The third kappa shape index (κ3) is 3.59. The second-order valence-electron chi connectivity index (χ2n) is 5.35. The number of esters is 2. The van der Waals surface area contributed by atoms with Crippen molar-refractivity contribution in [2.75, 3.05) is 0 Å². The number of carbonyl (C=O) groups is 2. The number of hydrogen-bond donors (Lipinski definition) is 0. The number of nitrogens with zero attached hydrogens (tertiary/aromatic N) is 2. The van der Waals surface area contributed by atoms with Gasteiger partial charge < -0.3 is 9.47 Å². The Morgan fingerprint density at radius 3 is 1.46 bits per heavy atom. The van der Waals surface area contributed by atoms with Crippen molar-refractivity contribution in [2.45, 2.75) is 13.8 Å². The van der Waals surface area contributed by atoms with Gasteiger partial charge in [0.15, 0.2) is 11.4 Å². The molecule has 26 heavy (non-hydrogen) atoms. The summed E-state index contributed by atoms with van der Waals surface area (Å²) < 4.78 is 10.4. The van der Waals surface area contributed by atoms with Gasteiger partial charge in [-0.05, 0) is 50.3 Å². The molecule has 3 rings (SSSR count). The fraction of sp³-hybridized carbons (Fsp3) is 0.100. The molecule has 0 N–H and O–H groups in total. The van der Waals surface area contributed by atoms with E-state index in [9.17, 15) is 9.59 Å². The van der Waals surface area contributed by atoms with Gasteiger partial charge in [0.1, 0.15) is 0 Å². The van der Waals surface area contributed by atoms with Gasteiger partial charge in [-0.25, -0.2) is 19.6 Å². The van der Waals surface area contributed by atoms with Crippen molar-refractivity contribution < 1.29 is 19.1 Å². The van der Waals surface area contributed by atoms with Gasteiger partial charge in [0.25, 0.3) is 0 Å². The maximum Gasteiger partial charge on any atom is 0.363 e. The van der Waals surface area contributed by atoms with E-state index in [0.717, 1.165) is 0 Å². The van der Waals surface area contributed by atoms with Gasteiger partial charge in [-0.15, -0.1) is 0 Å². The third-order valence-electron chi connectivity index (χ3n) is 3.51. The Bertz CT molecular complexity index is 852. The zero-order chi connectivity index (χ0) is 18.5. The lowest BCUT2D eigenvalue weighted by molar-refractivity contribution is -0.130. The molecule has 130 valence electrons. The summed E-state index contributed by atoms with van der Waals surface area (Å²) in [7, 11) is 0. The van der Waals surface area contributed by atoms with Gasteiger partial charge in [-0.2, -0.15) is 0 Å². The molecule has 6 nitrogen and oxygen atoms in total. The Kier molecular flexibility index (Phi) is 5.03. The Morgan fingerprint density at radius 1 is 0.731 bits per heavy atom. The second-order valence-corrected chi connectivity index (χ2v) is 5.35. The molecule has 0 fully saturated rings. The van der Waals surface area contributed by atoms with E-state index in [2.05, 4.69) is 9.98 Å². The smallest absolute Gasteiger partial charge is 0.363 e. The van der Waals surface area contributed by atoms with Crippen molar-refractivity contribution in [1.82, 2.24) is 0 Å². The van der Waals surface area contributed by atoms with Crippen LogP contribution in [-0.2, 0) is 19.1 Å². The van der Waals surface area contributed by atoms with Crippen LogP contribution in [0.2, 0.25) is 0 Å². The molecular weight excluding hydrogens is 332 g/mol. The number of ether oxygens (including phenoxy) is 2. The molecule has 6 heteroatoms. The van der Waals surface area contributed by atoms with Crippen LogP contribution in [0, 0.1) is 0 Å². The van der Waals surface area contributed by atoms with Gasteiger partial charge in [0.05, 0.1) is 0 Å². The van der Waals surface area contributed by atoms with Crippen LogP contribution in [0.1, 0.15) is 25.0 Å². The Morgan fingerprint density at radius 2 is 1.12 bits per heavy atom. The minimum atomic E-state index is -0.491. The molecule has 0 radical (unpaired) electrons. The average Bonchev–Trinajstić information content (AvgIpc) is 3.21. The van der Waals surface area contributed by atoms with Gasteiger partial charge in [-0.1, -0.05) is 24.3 Å². The molecule has 0 aromatic heterocycles.